The number of methoxy groups -OCH3 is 1. The number of benzene rings is 1. The van der Waals surface area contributed by atoms with Gasteiger partial charge >= 0.3 is 6.18 Å². The number of carbonyl (C=O) groups excluding carboxylic acids is 1. The van der Waals surface area contributed by atoms with E-state index in [1.54, 1.807) is 0 Å². The van der Waals surface area contributed by atoms with Crippen LogP contribution >= 0.6 is 0 Å². The van der Waals surface area contributed by atoms with Crippen molar-refractivity contribution in [3.63, 3.8) is 0 Å². The Morgan fingerprint density at radius 3 is 2.31 bits per heavy atom. The lowest BCUT2D eigenvalue weighted by atomic mass is 10.2. The van der Waals surface area contributed by atoms with Gasteiger partial charge in [-0.25, -0.2) is 18.1 Å². The van der Waals surface area contributed by atoms with Gasteiger partial charge in [-0.1, -0.05) is 0 Å². The molecule has 1 heterocycles. The highest BCUT2D eigenvalue weighted by atomic mass is 32.2. The first-order valence-corrected chi connectivity index (χ1v) is 8.57. The maximum atomic E-state index is 12.1. The lowest BCUT2D eigenvalue weighted by Gasteiger charge is -2.10. The number of nitrogens with one attached hydrogen (secondary N) is 2. The van der Waals surface area contributed by atoms with Gasteiger partial charge in [0.1, 0.15) is 6.54 Å². The highest BCUT2D eigenvalue weighted by molar-refractivity contribution is 7.89. The molecule has 0 aliphatic heterocycles. The van der Waals surface area contributed by atoms with Gasteiger partial charge in [-0.05, 0) is 30.3 Å². The van der Waals surface area contributed by atoms with Crippen molar-refractivity contribution in [3.8, 4) is 5.88 Å². The third-order valence-electron chi connectivity index (χ3n) is 3.09. The van der Waals surface area contributed by atoms with E-state index in [0.717, 1.165) is 12.1 Å². The van der Waals surface area contributed by atoms with Crippen LogP contribution in [0, 0.1) is 0 Å². The van der Waals surface area contributed by atoms with Crippen molar-refractivity contribution in [3.05, 3.63) is 48.2 Å². The second-order valence-electron chi connectivity index (χ2n) is 5.01. The molecule has 0 aliphatic rings. The first kappa shape index (κ1) is 19.7. The second-order valence-corrected chi connectivity index (χ2v) is 6.77. The van der Waals surface area contributed by atoms with Crippen LogP contribution in [-0.2, 0) is 10.0 Å². The number of carbonyl (C=O) groups is 1. The van der Waals surface area contributed by atoms with E-state index in [0.29, 0.717) is 5.88 Å². The number of hydrogen-bond donors (Lipinski definition) is 2. The van der Waals surface area contributed by atoms with E-state index in [-0.39, 0.29) is 16.1 Å². The Morgan fingerprint density at radius 2 is 1.81 bits per heavy atom. The highest BCUT2D eigenvalue weighted by Crippen LogP contribution is 2.18. The molecule has 1 aromatic carbocycles. The van der Waals surface area contributed by atoms with E-state index in [2.05, 4.69) is 10.3 Å². The Balaban J connectivity index is 2.05. The van der Waals surface area contributed by atoms with Crippen molar-refractivity contribution in [2.24, 2.45) is 0 Å². The maximum absolute atomic E-state index is 12.1. The molecule has 0 saturated heterocycles. The molecule has 0 bridgehead atoms. The minimum Gasteiger partial charge on any atom is -0.481 e. The van der Waals surface area contributed by atoms with Crippen LogP contribution in [0.15, 0.2) is 47.5 Å². The Kier molecular flexibility index (Phi) is 5.83. The molecule has 2 N–H and O–H groups in total. The van der Waals surface area contributed by atoms with E-state index in [1.807, 2.05) is 0 Å². The van der Waals surface area contributed by atoms with Crippen LogP contribution in [0.25, 0.3) is 0 Å². The third-order valence-corrected chi connectivity index (χ3v) is 4.51. The summed E-state index contributed by atoms with van der Waals surface area (Å²) in [5.41, 5.74) is 0.509. The average Bonchev–Trinajstić information content (AvgIpc) is 2.60. The summed E-state index contributed by atoms with van der Waals surface area (Å²) in [4.78, 5) is 15.6. The van der Waals surface area contributed by atoms with Crippen LogP contribution in [0.2, 0.25) is 0 Å². The SMILES string of the molecule is COc1ccc(C(=O)Nc2ccc(S(=O)(=O)NCC(F)(F)F)cc2)cn1. The van der Waals surface area contributed by atoms with Gasteiger partial charge in [-0.15, -0.1) is 0 Å². The van der Waals surface area contributed by atoms with Gasteiger partial charge < -0.3 is 10.1 Å². The van der Waals surface area contributed by atoms with Crippen LogP contribution in [0.3, 0.4) is 0 Å². The van der Waals surface area contributed by atoms with Crippen LogP contribution in [0.4, 0.5) is 18.9 Å². The maximum Gasteiger partial charge on any atom is 0.402 e. The zero-order valence-corrected chi connectivity index (χ0v) is 14.2. The van der Waals surface area contributed by atoms with E-state index in [1.165, 1.54) is 42.3 Å². The molecule has 7 nitrogen and oxygen atoms in total. The van der Waals surface area contributed by atoms with Crippen LogP contribution < -0.4 is 14.8 Å². The van der Waals surface area contributed by atoms with E-state index in [4.69, 9.17) is 4.74 Å². The van der Waals surface area contributed by atoms with Crippen molar-refractivity contribution in [2.45, 2.75) is 11.1 Å². The fourth-order valence-corrected chi connectivity index (χ4v) is 2.83. The number of nitrogens with zero attached hydrogens (tertiary/aromatic N) is 1. The molecule has 140 valence electrons. The van der Waals surface area contributed by atoms with Gasteiger partial charge in [0.05, 0.1) is 17.6 Å². The molecular formula is C15H14F3N3O4S. The largest absolute Gasteiger partial charge is 0.481 e. The molecule has 0 atom stereocenters. The summed E-state index contributed by atoms with van der Waals surface area (Å²) in [5, 5.41) is 2.52. The van der Waals surface area contributed by atoms with E-state index in [9.17, 15) is 26.4 Å². The van der Waals surface area contributed by atoms with Crippen LogP contribution in [0.5, 0.6) is 5.88 Å². The predicted molar refractivity (Wildman–Crippen MR) is 86.4 cm³/mol. The van der Waals surface area contributed by atoms with Crippen molar-refractivity contribution in [1.82, 2.24) is 9.71 Å². The van der Waals surface area contributed by atoms with Crippen LogP contribution in [-0.4, -0.2) is 39.1 Å². The highest BCUT2D eigenvalue weighted by Gasteiger charge is 2.30. The molecule has 2 aromatic rings. The molecule has 0 spiro atoms. The molecular weight excluding hydrogens is 375 g/mol. The molecule has 0 fully saturated rings. The molecule has 11 heteroatoms. The standard InChI is InChI=1S/C15H14F3N3O4S/c1-25-13-7-2-10(8-19-13)14(22)21-11-3-5-12(6-4-11)26(23,24)20-9-15(16,17)18/h2-8,20H,9H2,1H3,(H,21,22). The Labute approximate surface area is 147 Å². The number of anilines is 1. The predicted octanol–water partition coefficient (Wildman–Crippen LogP) is 2.18. The number of halogens is 3. The summed E-state index contributed by atoms with van der Waals surface area (Å²) in [7, 11) is -2.87. The van der Waals surface area contributed by atoms with Gasteiger partial charge in [0.15, 0.2) is 0 Å². The zero-order valence-electron chi connectivity index (χ0n) is 13.4. The summed E-state index contributed by atoms with van der Waals surface area (Å²) in [6.45, 7) is -1.67. The molecule has 1 aromatic heterocycles. The number of hydrogen-bond acceptors (Lipinski definition) is 5. The van der Waals surface area contributed by atoms with Gasteiger partial charge in [-0.3, -0.25) is 4.79 Å². The molecule has 0 radical (unpaired) electrons. The number of amides is 1. The minimum atomic E-state index is -4.66. The number of ether oxygens (including phenoxy) is 1. The summed E-state index contributed by atoms with van der Waals surface area (Å²) in [6, 6.07) is 7.67. The second kappa shape index (κ2) is 7.70. The smallest absolute Gasteiger partial charge is 0.402 e. The summed E-state index contributed by atoms with van der Waals surface area (Å²) < 4.78 is 66.3. The van der Waals surface area contributed by atoms with Gasteiger partial charge in [0.25, 0.3) is 5.91 Å². The fourth-order valence-electron chi connectivity index (χ4n) is 1.82. The van der Waals surface area contributed by atoms with Gasteiger partial charge in [-0.2, -0.15) is 13.2 Å². The number of alkyl halides is 3. The Hall–Kier alpha value is -2.66. The summed E-state index contributed by atoms with van der Waals surface area (Å²) in [6.07, 6.45) is -3.36. The number of pyridine rings is 1. The van der Waals surface area contributed by atoms with Crippen molar-refractivity contribution < 1.29 is 31.1 Å². The molecule has 1 amide bonds. The summed E-state index contributed by atoms with van der Waals surface area (Å²) >= 11 is 0. The van der Waals surface area contributed by atoms with Crippen LogP contribution in [0.1, 0.15) is 10.4 Å². The van der Waals surface area contributed by atoms with Crippen molar-refractivity contribution in [2.75, 3.05) is 19.0 Å². The third kappa shape index (κ3) is 5.43. The normalized spacial score (nSPS) is 11.8. The van der Waals surface area contributed by atoms with Crippen molar-refractivity contribution in [1.29, 1.82) is 0 Å². The first-order valence-electron chi connectivity index (χ1n) is 7.08. The molecule has 0 saturated carbocycles. The Morgan fingerprint density at radius 1 is 1.15 bits per heavy atom. The van der Waals surface area contributed by atoms with Gasteiger partial charge in [0, 0.05) is 18.0 Å². The molecule has 0 unspecified atom stereocenters. The number of aromatic nitrogens is 1. The Bertz CT molecular complexity index is 867. The lowest BCUT2D eigenvalue weighted by Crippen LogP contribution is -2.33. The number of sulfonamides is 1. The number of rotatable bonds is 6. The monoisotopic (exact) mass is 389 g/mol. The lowest BCUT2D eigenvalue weighted by molar-refractivity contribution is -0.121. The van der Waals surface area contributed by atoms with E-state index < -0.39 is 28.7 Å². The first-order chi connectivity index (χ1) is 12.1. The summed E-state index contributed by atoms with van der Waals surface area (Å²) in [5.74, 6) is -0.159. The molecule has 2 rings (SSSR count). The average molecular weight is 389 g/mol. The van der Waals surface area contributed by atoms with Gasteiger partial charge in [0.2, 0.25) is 15.9 Å². The zero-order chi connectivity index (χ0) is 19.4. The minimum absolute atomic E-state index is 0.245. The van der Waals surface area contributed by atoms with E-state index >= 15 is 0 Å². The fraction of sp³-hybridized carbons (Fsp3) is 0.200. The molecule has 0 aliphatic carbocycles. The quantitative estimate of drug-likeness (QED) is 0.789. The van der Waals surface area contributed by atoms with Crippen molar-refractivity contribution >= 4 is 21.6 Å². The topological polar surface area (TPSA) is 97.4 Å². The molecule has 26 heavy (non-hydrogen) atoms.